The van der Waals surface area contributed by atoms with Gasteiger partial charge in [-0.2, -0.15) is 0 Å². The summed E-state index contributed by atoms with van der Waals surface area (Å²) in [6.07, 6.45) is -0.329. The van der Waals surface area contributed by atoms with Crippen LogP contribution in [0.5, 0.6) is 5.75 Å². The van der Waals surface area contributed by atoms with Crippen LogP contribution >= 0.6 is 0 Å². The third-order valence-corrected chi connectivity index (χ3v) is 2.47. The highest BCUT2D eigenvalue weighted by Crippen LogP contribution is 2.22. The fourth-order valence-corrected chi connectivity index (χ4v) is 1.47. The number of primary amides is 1. The number of carbonyl (C=O) groups is 3. The summed E-state index contributed by atoms with van der Waals surface area (Å²) >= 11 is 0. The SMILES string of the molecule is COc1ccc(NC(=O)C(N)CC(N)=O)c(C(=O)O)c1. The Labute approximate surface area is 114 Å². The van der Waals surface area contributed by atoms with E-state index in [4.69, 9.17) is 21.3 Å². The van der Waals surface area contributed by atoms with Crippen LogP contribution in [0.2, 0.25) is 0 Å². The van der Waals surface area contributed by atoms with E-state index in [1.165, 1.54) is 25.3 Å². The Kier molecular flexibility index (Phi) is 5.04. The molecule has 1 aromatic rings. The summed E-state index contributed by atoms with van der Waals surface area (Å²) in [5.41, 5.74) is 10.3. The van der Waals surface area contributed by atoms with E-state index in [9.17, 15) is 14.4 Å². The van der Waals surface area contributed by atoms with Crippen molar-refractivity contribution in [2.75, 3.05) is 12.4 Å². The van der Waals surface area contributed by atoms with Crippen LogP contribution in [0.1, 0.15) is 16.8 Å². The number of ether oxygens (including phenoxy) is 1. The van der Waals surface area contributed by atoms with Gasteiger partial charge in [-0.1, -0.05) is 0 Å². The van der Waals surface area contributed by atoms with Gasteiger partial charge in [0, 0.05) is 0 Å². The maximum Gasteiger partial charge on any atom is 0.337 e. The summed E-state index contributed by atoms with van der Waals surface area (Å²) < 4.78 is 4.90. The van der Waals surface area contributed by atoms with Gasteiger partial charge in [-0.25, -0.2) is 4.79 Å². The van der Waals surface area contributed by atoms with Crippen LogP contribution in [0.4, 0.5) is 5.69 Å². The fraction of sp³-hybridized carbons (Fsp3) is 0.250. The molecule has 0 saturated heterocycles. The molecule has 0 aliphatic heterocycles. The van der Waals surface area contributed by atoms with Crippen LogP contribution in [0.25, 0.3) is 0 Å². The molecular formula is C12H15N3O5. The molecule has 1 aromatic carbocycles. The summed E-state index contributed by atoms with van der Waals surface area (Å²) in [6.45, 7) is 0. The van der Waals surface area contributed by atoms with Gasteiger partial charge in [-0.3, -0.25) is 9.59 Å². The largest absolute Gasteiger partial charge is 0.497 e. The smallest absolute Gasteiger partial charge is 0.337 e. The Bertz CT molecular complexity index is 544. The fourth-order valence-electron chi connectivity index (χ4n) is 1.47. The standard InChI is InChI=1S/C12H15N3O5/c1-20-6-2-3-9(7(4-6)12(18)19)15-11(17)8(13)5-10(14)16/h2-4,8H,5,13H2,1H3,(H2,14,16)(H,15,17)(H,18,19). The first-order valence-electron chi connectivity index (χ1n) is 5.61. The molecule has 1 atom stereocenters. The number of benzene rings is 1. The predicted octanol–water partition coefficient (Wildman–Crippen LogP) is -0.465. The van der Waals surface area contributed by atoms with Gasteiger partial charge in [-0.05, 0) is 18.2 Å². The molecule has 1 unspecified atom stereocenters. The number of hydrogen-bond donors (Lipinski definition) is 4. The Morgan fingerprint density at radius 2 is 2.05 bits per heavy atom. The van der Waals surface area contributed by atoms with Crippen molar-refractivity contribution < 1.29 is 24.2 Å². The maximum atomic E-state index is 11.7. The topological polar surface area (TPSA) is 145 Å². The molecule has 0 bridgehead atoms. The molecule has 0 fully saturated rings. The van der Waals surface area contributed by atoms with Crippen LogP contribution in [0.3, 0.4) is 0 Å². The lowest BCUT2D eigenvalue weighted by Gasteiger charge is -2.13. The molecule has 0 aliphatic rings. The second-order valence-electron chi connectivity index (χ2n) is 3.98. The van der Waals surface area contributed by atoms with Gasteiger partial charge >= 0.3 is 5.97 Å². The molecule has 0 aliphatic carbocycles. The molecule has 0 radical (unpaired) electrons. The molecule has 8 heteroatoms. The number of anilines is 1. The van der Waals surface area contributed by atoms with E-state index in [0.29, 0.717) is 5.75 Å². The maximum absolute atomic E-state index is 11.7. The van der Waals surface area contributed by atoms with Crippen LogP contribution in [0.15, 0.2) is 18.2 Å². The Balaban J connectivity index is 2.94. The summed E-state index contributed by atoms with van der Waals surface area (Å²) in [6, 6.07) is 2.98. The number of rotatable bonds is 6. The van der Waals surface area contributed by atoms with Gasteiger partial charge in [0.1, 0.15) is 5.75 Å². The average Bonchev–Trinajstić information content (AvgIpc) is 2.37. The van der Waals surface area contributed by atoms with Crippen molar-refractivity contribution in [2.24, 2.45) is 11.5 Å². The average molecular weight is 281 g/mol. The van der Waals surface area contributed by atoms with Crippen LogP contribution in [0, 0.1) is 0 Å². The highest BCUT2D eigenvalue weighted by molar-refractivity contribution is 6.03. The third kappa shape index (κ3) is 3.95. The summed E-state index contributed by atoms with van der Waals surface area (Å²) in [4.78, 5) is 33.5. The van der Waals surface area contributed by atoms with Gasteiger partial charge in [0.15, 0.2) is 0 Å². The van der Waals surface area contributed by atoms with Crippen LogP contribution < -0.4 is 21.5 Å². The molecule has 0 saturated carbocycles. The van der Waals surface area contributed by atoms with Crippen molar-refractivity contribution in [1.29, 1.82) is 0 Å². The first kappa shape index (κ1) is 15.4. The van der Waals surface area contributed by atoms with Crippen molar-refractivity contribution in [2.45, 2.75) is 12.5 Å². The molecule has 0 heterocycles. The summed E-state index contributed by atoms with van der Waals surface area (Å²) in [5, 5.41) is 11.4. The lowest BCUT2D eigenvalue weighted by molar-refractivity contribution is -0.123. The zero-order valence-electron chi connectivity index (χ0n) is 10.8. The van der Waals surface area contributed by atoms with E-state index in [0.717, 1.165) is 0 Å². The number of hydrogen-bond acceptors (Lipinski definition) is 5. The van der Waals surface area contributed by atoms with Crippen molar-refractivity contribution in [3.8, 4) is 5.75 Å². The molecule has 0 spiro atoms. The Morgan fingerprint density at radius 3 is 2.55 bits per heavy atom. The normalized spacial score (nSPS) is 11.5. The number of nitrogens with two attached hydrogens (primary N) is 2. The number of methoxy groups -OCH3 is 1. The zero-order valence-corrected chi connectivity index (χ0v) is 10.8. The number of nitrogens with one attached hydrogen (secondary N) is 1. The minimum absolute atomic E-state index is 0.0585. The second-order valence-corrected chi connectivity index (χ2v) is 3.98. The molecule has 6 N–H and O–H groups in total. The second kappa shape index (κ2) is 6.53. The first-order valence-corrected chi connectivity index (χ1v) is 5.61. The lowest BCUT2D eigenvalue weighted by atomic mass is 10.1. The molecule has 108 valence electrons. The summed E-state index contributed by atoms with van der Waals surface area (Å²) in [7, 11) is 1.39. The van der Waals surface area contributed by atoms with Crippen molar-refractivity contribution in [3.05, 3.63) is 23.8 Å². The number of carboxylic acid groups (broad SMARTS) is 1. The van der Waals surface area contributed by atoms with Gasteiger partial charge < -0.3 is 26.6 Å². The monoisotopic (exact) mass is 281 g/mol. The summed E-state index contributed by atoms with van der Waals surface area (Å²) in [5.74, 6) is -2.32. The van der Waals surface area contributed by atoms with Crippen LogP contribution in [-0.4, -0.2) is 36.0 Å². The highest BCUT2D eigenvalue weighted by Gasteiger charge is 2.19. The number of aromatic carboxylic acids is 1. The zero-order chi connectivity index (χ0) is 15.3. The number of carboxylic acids is 1. The Hall–Kier alpha value is -2.61. The predicted molar refractivity (Wildman–Crippen MR) is 70.4 cm³/mol. The minimum atomic E-state index is -1.23. The highest BCUT2D eigenvalue weighted by atomic mass is 16.5. The van der Waals surface area contributed by atoms with Crippen molar-refractivity contribution >= 4 is 23.5 Å². The van der Waals surface area contributed by atoms with E-state index in [1.807, 2.05) is 0 Å². The number of amides is 2. The lowest BCUT2D eigenvalue weighted by Crippen LogP contribution is -2.39. The third-order valence-electron chi connectivity index (χ3n) is 2.47. The van der Waals surface area contributed by atoms with Gasteiger partial charge in [0.2, 0.25) is 11.8 Å². The molecular weight excluding hydrogens is 266 g/mol. The Morgan fingerprint density at radius 1 is 1.40 bits per heavy atom. The van der Waals surface area contributed by atoms with Crippen molar-refractivity contribution in [3.63, 3.8) is 0 Å². The van der Waals surface area contributed by atoms with E-state index in [1.54, 1.807) is 0 Å². The molecule has 0 aromatic heterocycles. The van der Waals surface area contributed by atoms with E-state index >= 15 is 0 Å². The minimum Gasteiger partial charge on any atom is -0.497 e. The van der Waals surface area contributed by atoms with E-state index in [2.05, 4.69) is 5.32 Å². The molecule has 8 nitrogen and oxygen atoms in total. The van der Waals surface area contributed by atoms with E-state index in [-0.39, 0.29) is 17.7 Å². The first-order chi connectivity index (χ1) is 9.35. The molecule has 2 amide bonds. The molecule has 20 heavy (non-hydrogen) atoms. The van der Waals surface area contributed by atoms with Crippen molar-refractivity contribution in [1.82, 2.24) is 0 Å². The van der Waals surface area contributed by atoms with Gasteiger partial charge in [-0.15, -0.1) is 0 Å². The number of carbonyl (C=O) groups excluding carboxylic acids is 2. The van der Waals surface area contributed by atoms with Gasteiger partial charge in [0.05, 0.1) is 30.8 Å². The van der Waals surface area contributed by atoms with E-state index < -0.39 is 23.8 Å². The quantitative estimate of drug-likeness (QED) is 0.555. The molecule has 1 rings (SSSR count). The van der Waals surface area contributed by atoms with Gasteiger partial charge in [0.25, 0.3) is 0 Å². The van der Waals surface area contributed by atoms with Crippen LogP contribution in [-0.2, 0) is 9.59 Å².